The molecule has 158 valence electrons. The van der Waals surface area contributed by atoms with Gasteiger partial charge in [-0.25, -0.2) is 4.79 Å². The molecule has 30 heavy (non-hydrogen) atoms. The molecule has 0 saturated carbocycles. The third-order valence-corrected chi connectivity index (χ3v) is 5.26. The fourth-order valence-electron chi connectivity index (χ4n) is 3.31. The van der Waals surface area contributed by atoms with E-state index in [1.807, 2.05) is 37.3 Å². The van der Waals surface area contributed by atoms with E-state index in [1.165, 1.54) is 7.05 Å². The lowest BCUT2D eigenvalue weighted by Crippen LogP contribution is -2.35. The summed E-state index contributed by atoms with van der Waals surface area (Å²) in [6, 6.07) is 14.4. The number of cyclic esters (lactones) is 1. The lowest BCUT2D eigenvalue weighted by Gasteiger charge is -2.22. The monoisotopic (exact) mass is 429 g/mol. The predicted molar refractivity (Wildman–Crippen MR) is 113 cm³/mol. The number of likely N-dealkylation sites (N-methyl/N-ethyl adjacent to an activating group) is 1. The molecule has 0 radical (unpaired) electrons. The van der Waals surface area contributed by atoms with Gasteiger partial charge in [0.2, 0.25) is 5.91 Å². The molecular weight excluding hydrogens is 406 g/mol. The molecule has 1 heterocycles. The van der Waals surface area contributed by atoms with Crippen LogP contribution in [0.25, 0.3) is 0 Å². The van der Waals surface area contributed by atoms with Gasteiger partial charge in [0.05, 0.1) is 13.1 Å². The number of nitrogens with one attached hydrogen (secondary N) is 2. The number of amides is 3. The van der Waals surface area contributed by atoms with Crippen molar-refractivity contribution in [3.05, 3.63) is 70.2 Å². The topological polar surface area (TPSA) is 87.7 Å². The van der Waals surface area contributed by atoms with E-state index in [9.17, 15) is 14.4 Å². The Morgan fingerprint density at radius 2 is 1.97 bits per heavy atom. The maximum absolute atomic E-state index is 12.4. The molecule has 0 aromatic heterocycles. The van der Waals surface area contributed by atoms with Crippen LogP contribution in [0.1, 0.15) is 34.5 Å². The number of hydrogen-bond acceptors (Lipinski definition) is 4. The second kappa shape index (κ2) is 9.63. The van der Waals surface area contributed by atoms with Crippen LogP contribution in [0.5, 0.6) is 0 Å². The second-order valence-corrected chi connectivity index (χ2v) is 7.62. The van der Waals surface area contributed by atoms with Crippen LogP contribution in [0.4, 0.5) is 4.79 Å². The molecule has 2 N–H and O–H groups in total. The van der Waals surface area contributed by atoms with Crippen molar-refractivity contribution in [1.82, 2.24) is 15.5 Å². The Morgan fingerprint density at radius 3 is 2.63 bits per heavy atom. The Labute approximate surface area is 180 Å². The Balaban J connectivity index is 1.58. The Bertz CT molecular complexity index is 932. The molecule has 0 bridgehead atoms. The SMILES string of the molecule is CNC(=O)CNC(=O)c1ccc(CC(C)N2CC(c3cccc(Cl)c3)OC2=O)cc1. The maximum atomic E-state index is 12.4. The van der Waals surface area contributed by atoms with Gasteiger partial charge in [-0.15, -0.1) is 0 Å². The summed E-state index contributed by atoms with van der Waals surface area (Å²) in [5.74, 6) is -0.576. The van der Waals surface area contributed by atoms with Crippen molar-refractivity contribution in [1.29, 1.82) is 0 Å². The highest BCUT2D eigenvalue weighted by Crippen LogP contribution is 2.29. The van der Waals surface area contributed by atoms with Gasteiger partial charge in [0, 0.05) is 23.7 Å². The van der Waals surface area contributed by atoms with Crippen LogP contribution in [0.2, 0.25) is 5.02 Å². The summed E-state index contributed by atoms with van der Waals surface area (Å²) in [6.45, 7) is 2.35. The minimum Gasteiger partial charge on any atom is -0.439 e. The molecule has 1 aliphatic heterocycles. The summed E-state index contributed by atoms with van der Waals surface area (Å²) in [4.78, 5) is 37.4. The number of nitrogens with zero attached hydrogens (tertiary/aromatic N) is 1. The smallest absolute Gasteiger partial charge is 0.410 e. The van der Waals surface area contributed by atoms with E-state index in [0.29, 0.717) is 23.6 Å². The summed E-state index contributed by atoms with van der Waals surface area (Å²) in [7, 11) is 1.51. The van der Waals surface area contributed by atoms with E-state index in [-0.39, 0.29) is 36.6 Å². The highest BCUT2D eigenvalue weighted by atomic mass is 35.5. The summed E-state index contributed by atoms with van der Waals surface area (Å²) >= 11 is 6.04. The van der Waals surface area contributed by atoms with Crippen LogP contribution in [0, 0.1) is 0 Å². The van der Waals surface area contributed by atoms with Crippen molar-refractivity contribution in [3.8, 4) is 0 Å². The lowest BCUT2D eigenvalue weighted by molar-refractivity contribution is -0.119. The van der Waals surface area contributed by atoms with Gasteiger partial charge in [0.15, 0.2) is 0 Å². The molecule has 2 aromatic rings. The number of halogens is 1. The molecule has 3 rings (SSSR count). The van der Waals surface area contributed by atoms with E-state index in [4.69, 9.17) is 16.3 Å². The van der Waals surface area contributed by atoms with Gasteiger partial charge < -0.3 is 20.3 Å². The average molecular weight is 430 g/mol. The van der Waals surface area contributed by atoms with Gasteiger partial charge >= 0.3 is 6.09 Å². The van der Waals surface area contributed by atoms with Crippen LogP contribution >= 0.6 is 11.6 Å². The van der Waals surface area contributed by atoms with E-state index >= 15 is 0 Å². The molecule has 0 spiro atoms. The van der Waals surface area contributed by atoms with E-state index < -0.39 is 0 Å². The molecule has 0 aliphatic carbocycles. The summed E-state index contributed by atoms with van der Waals surface area (Å²) < 4.78 is 5.52. The van der Waals surface area contributed by atoms with Crippen molar-refractivity contribution in [2.75, 3.05) is 20.1 Å². The Morgan fingerprint density at radius 1 is 1.23 bits per heavy atom. The van der Waals surface area contributed by atoms with Crippen LogP contribution in [0.15, 0.2) is 48.5 Å². The summed E-state index contributed by atoms with van der Waals surface area (Å²) in [5.41, 5.74) is 2.33. The minimum atomic E-state index is -0.349. The van der Waals surface area contributed by atoms with E-state index in [0.717, 1.165) is 11.1 Å². The van der Waals surface area contributed by atoms with Crippen molar-refractivity contribution in [2.45, 2.75) is 25.5 Å². The minimum absolute atomic E-state index is 0.0705. The zero-order valence-corrected chi connectivity index (χ0v) is 17.6. The van der Waals surface area contributed by atoms with Gasteiger partial charge in [0.25, 0.3) is 5.91 Å². The number of carbonyl (C=O) groups is 3. The molecule has 7 nitrogen and oxygen atoms in total. The second-order valence-electron chi connectivity index (χ2n) is 7.19. The summed E-state index contributed by atoms with van der Waals surface area (Å²) in [6.07, 6.45) is -0.0694. The molecule has 1 aliphatic rings. The predicted octanol–water partition coefficient (Wildman–Crippen LogP) is 2.94. The third-order valence-electron chi connectivity index (χ3n) is 5.03. The fraction of sp³-hybridized carbons (Fsp3) is 0.318. The van der Waals surface area contributed by atoms with Crippen LogP contribution < -0.4 is 10.6 Å². The van der Waals surface area contributed by atoms with Crippen molar-refractivity contribution < 1.29 is 19.1 Å². The quantitative estimate of drug-likeness (QED) is 0.708. The number of carbonyl (C=O) groups excluding carboxylic acids is 3. The first-order valence-electron chi connectivity index (χ1n) is 9.68. The molecule has 8 heteroatoms. The highest BCUT2D eigenvalue weighted by Gasteiger charge is 2.35. The van der Waals surface area contributed by atoms with Crippen LogP contribution in [0.3, 0.4) is 0 Å². The Kier molecular flexibility index (Phi) is 6.95. The first kappa shape index (κ1) is 21.6. The zero-order valence-electron chi connectivity index (χ0n) is 16.9. The number of hydrogen-bond donors (Lipinski definition) is 2. The lowest BCUT2D eigenvalue weighted by atomic mass is 10.0. The van der Waals surface area contributed by atoms with Gasteiger partial charge in [0.1, 0.15) is 6.10 Å². The maximum Gasteiger partial charge on any atom is 0.410 e. The first-order chi connectivity index (χ1) is 14.4. The van der Waals surface area contributed by atoms with Crippen LogP contribution in [-0.4, -0.2) is 49.0 Å². The fourth-order valence-corrected chi connectivity index (χ4v) is 3.51. The van der Waals surface area contributed by atoms with Gasteiger partial charge in [-0.05, 0) is 48.7 Å². The normalized spacial score (nSPS) is 16.7. The number of benzene rings is 2. The molecule has 2 atom stereocenters. The van der Waals surface area contributed by atoms with Gasteiger partial charge in [-0.3, -0.25) is 9.59 Å². The van der Waals surface area contributed by atoms with E-state index in [1.54, 1.807) is 23.1 Å². The largest absolute Gasteiger partial charge is 0.439 e. The highest BCUT2D eigenvalue weighted by molar-refractivity contribution is 6.30. The molecule has 2 aromatic carbocycles. The summed E-state index contributed by atoms with van der Waals surface area (Å²) in [5, 5.41) is 5.61. The molecule has 1 fully saturated rings. The Hall–Kier alpha value is -3.06. The number of ether oxygens (including phenoxy) is 1. The van der Waals surface area contributed by atoms with Crippen molar-refractivity contribution >= 4 is 29.5 Å². The van der Waals surface area contributed by atoms with Crippen molar-refractivity contribution in [3.63, 3.8) is 0 Å². The van der Waals surface area contributed by atoms with Gasteiger partial charge in [-0.1, -0.05) is 35.9 Å². The standard InChI is InChI=1S/C22H24ClN3O4/c1-14(26-13-19(30-22(26)29)17-4-3-5-18(23)11-17)10-15-6-8-16(9-7-15)21(28)25-12-20(27)24-2/h3-9,11,14,19H,10,12-13H2,1-2H3,(H,24,27)(H,25,28). The van der Waals surface area contributed by atoms with E-state index in [2.05, 4.69) is 10.6 Å². The average Bonchev–Trinajstić information content (AvgIpc) is 3.14. The number of rotatable bonds is 7. The van der Waals surface area contributed by atoms with Gasteiger partial charge in [-0.2, -0.15) is 0 Å². The zero-order chi connectivity index (χ0) is 21.7. The molecule has 3 amide bonds. The first-order valence-corrected chi connectivity index (χ1v) is 10.1. The molecular formula is C22H24ClN3O4. The third kappa shape index (κ3) is 5.30. The van der Waals surface area contributed by atoms with Crippen molar-refractivity contribution in [2.24, 2.45) is 0 Å². The van der Waals surface area contributed by atoms with Crippen LogP contribution in [-0.2, 0) is 16.0 Å². The molecule has 2 unspecified atom stereocenters. The molecule has 1 saturated heterocycles.